The lowest BCUT2D eigenvalue weighted by molar-refractivity contribution is 0.261. The fraction of sp³-hybridized carbons (Fsp3) is 0.292. The standard InChI is InChI=1S/C24H26FN3O2/c25-21-9-3-1-6-18(21)11-14-26-24(27-15-12-19-7-5-16-29-19)28-22-13-17-30-23-10-4-2-8-20(22)23/h1-10,16,22H,11-15,17H2,(H2,26,27,28). The van der Waals surface area contributed by atoms with Crippen molar-refractivity contribution in [1.82, 2.24) is 10.6 Å². The predicted octanol–water partition coefficient (Wildman–Crippen LogP) is 4.26. The van der Waals surface area contributed by atoms with Gasteiger partial charge in [0.05, 0.1) is 18.9 Å². The summed E-state index contributed by atoms with van der Waals surface area (Å²) in [4.78, 5) is 4.72. The Morgan fingerprint density at radius 2 is 1.90 bits per heavy atom. The van der Waals surface area contributed by atoms with E-state index in [9.17, 15) is 4.39 Å². The number of guanidine groups is 1. The minimum absolute atomic E-state index is 0.110. The topological polar surface area (TPSA) is 58.8 Å². The van der Waals surface area contributed by atoms with Crippen molar-refractivity contribution in [1.29, 1.82) is 0 Å². The zero-order chi connectivity index (χ0) is 20.6. The molecule has 5 nitrogen and oxygen atoms in total. The minimum atomic E-state index is -0.179. The molecule has 0 saturated carbocycles. The zero-order valence-corrected chi connectivity index (χ0v) is 16.8. The molecule has 30 heavy (non-hydrogen) atoms. The summed E-state index contributed by atoms with van der Waals surface area (Å²) in [5.74, 6) is 2.34. The minimum Gasteiger partial charge on any atom is -0.493 e. The fourth-order valence-corrected chi connectivity index (χ4v) is 3.56. The molecule has 3 aromatic rings. The maximum absolute atomic E-state index is 13.9. The van der Waals surface area contributed by atoms with Gasteiger partial charge in [-0.25, -0.2) is 4.39 Å². The summed E-state index contributed by atoms with van der Waals surface area (Å²) in [6, 6.07) is 18.9. The molecule has 0 bridgehead atoms. The van der Waals surface area contributed by atoms with Gasteiger partial charge in [-0.2, -0.15) is 0 Å². The average molecular weight is 407 g/mol. The van der Waals surface area contributed by atoms with Crippen molar-refractivity contribution in [3.05, 3.63) is 89.6 Å². The van der Waals surface area contributed by atoms with Crippen LogP contribution in [-0.2, 0) is 12.8 Å². The number of benzene rings is 2. The summed E-state index contributed by atoms with van der Waals surface area (Å²) in [5, 5.41) is 6.88. The molecule has 0 aliphatic carbocycles. The lowest BCUT2D eigenvalue weighted by Crippen LogP contribution is -2.42. The molecule has 1 aliphatic heterocycles. The van der Waals surface area contributed by atoms with Gasteiger partial charge in [0.2, 0.25) is 0 Å². The van der Waals surface area contributed by atoms with Crippen LogP contribution in [0.5, 0.6) is 5.75 Å². The Bertz CT molecular complexity index is 972. The normalized spacial score (nSPS) is 15.9. The number of ether oxygens (including phenoxy) is 1. The van der Waals surface area contributed by atoms with Crippen molar-refractivity contribution in [3.63, 3.8) is 0 Å². The first-order chi connectivity index (χ1) is 14.8. The number of nitrogens with one attached hydrogen (secondary N) is 2. The molecule has 2 aromatic carbocycles. The second-order valence-electron chi connectivity index (χ2n) is 7.20. The van der Waals surface area contributed by atoms with Gasteiger partial charge in [-0.3, -0.25) is 4.99 Å². The molecule has 0 spiro atoms. The lowest BCUT2D eigenvalue weighted by Gasteiger charge is -2.28. The largest absolute Gasteiger partial charge is 0.493 e. The first-order valence-electron chi connectivity index (χ1n) is 10.3. The fourth-order valence-electron chi connectivity index (χ4n) is 3.56. The van der Waals surface area contributed by atoms with Crippen LogP contribution in [0.2, 0.25) is 0 Å². The van der Waals surface area contributed by atoms with Crippen LogP contribution in [0.4, 0.5) is 4.39 Å². The molecule has 0 amide bonds. The number of aliphatic imine (C=N–C) groups is 1. The third kappa shape index (κ3) is 5.20. The number of hydrogen-bond donors (Lipinski definition) is 2. The van der Waals surface area contributed by atoms with E-state index in [4.69, 9.17) is 14.1 Å². The third-order valence-electron chi connectivity index (χ3n) is 5.12. The molecule has 2 N–H and O–H groups in total. The van der Waals surface area contributed by atoms with E-state index in [2.05, 4.69) is 16.7 Å². The smallest absolute Gasteiger partial charge is 0.191 e. The highest BCUT2D eigenvalue weighted by atomic mass is 19.1. The molecule has 2 heterocycles. The Morgan fingerprint density at radius 1 is 1.03 bits per heavy atom. The molecule has 0 radical (unpaired) electrons. The monoisotopic (exact) mass is 407 g/mol. The van der Waals surface area contributed by atoms with Crippen LogP contribution in [0.1, 0.15) is 29.3 Å². The molecular weight excluding hydrogens is 381 g/mol. The van der Waals surface area contributed by atoms with Gasteiger partial charge < -0.3 is 19.8 Å². The highest BCUT2D eigenvalue weighted by Gasteiger charge is 2.21. The second kappa shape index (κ2) is 9.96. The summed E-state index contributed by atoms with van der Waals surface area (Å²) in [5.41, 5.74) is 1.81. The number of hydrogen-bond acceptors (Lipinski definition) is 3. The van der Waals surface area contributed by atoms with E-state index in [0.29, 0.717) is 37.6 Å². The van der Waals surface area contributed by atoms with Crippen molar-refractivity contribution in [2.75, 3.05) is 19.7 Å². The lowest BCUT2D eigenvalue weighted by atomic mass is 10.0. The van der Waals surface area contributed by atoms with Crippen molar-refractivity contribution >= 4 is 5.96 Å². The van der Waals surface area contributed by atoms with E-state index in [1.165, 1.54) is 6.07 Å². The van der Waals surface area contributed by atoms with Gasteiger partial charge in [0.25, 0.3) is 0 Å². The Balaban J connectivity index is 1.42. The predicted molar refractivity (Wildman–Crippen MR) is 115 cm³/mol. The molecule has 0 saturated heterocycles. The first kappa shape index (κ1) is 20.0. The van der Waals surface area contributed by atoms with Gasteiger partial charge in [0.15, 0.2) is 5.96 Å². The summed E-state index contributed by atoms with van der Waals surface area (Å²) in [7, 11) is 0. The zero-order valence-electron chi connectivity index (χ0n) is 16.8. The van der Waals surface area contributed by atoms with Crippen LogP contribution in [0.3, 0.4) is 0 Å². The van der Waals surface area contributed by atoms with Gasteiger partial charge in [-0.15, -0.1) is 0 Å². The molecule has 1 atom stereocenters. The van der Waals surface area contributed by atoms with Crippen molar-refractivity contribution in [3.8, 4) is 5.75 Å². The molecule has 1 aliphatic rings. The van der Waals surface area contributed by atoms with Crippen LogP contribution < -0.4 is 15.4 Å². The SMILES string of the molecule is Fc1ccccc1CCNC(=NCCc1ccco1)NC1CCOc2ccccc21. The highest BCUT2D eigenvalue weighted by Crippen LogP contribution is 2.31. The van der Waals surface area contributed by atoms with Gasteiger partial charge in [-0.05, 0) is 36.2 Å². The summed E-state index contributed by atoms with van der Waals surface area (Å²) < 4.78 is 25.1. The van der Waals surface area contributed by atoms with E-state index in [1.54, 1.807) is 12.3 Å². The first-order valence-corrected chi connectivity index (χ1v) is 10.3. The Labute approximate surface area is 176 Å². The van der Waals surface area contributed by atoms with E-state index < -0.39 is 0 Å². The van der Waals surface area contributed by atoms with Crippen LogP contribution in [0, 0.1) is 5.82 Å². The average Bonchev–Trinajstić information content (AvgIpc) is 3.29. The maximum Gasteiger partial charge on any atom is 0.191 e. The van der Waals surface area contributed by atoms with Gasteiger partial charge in [-0.1, -0.05) is 36.4 Å². The van der Waals surface area contributed by atoms with Gasteiger partial charge in [0.1, 0.15) is 17.3 Å². The quantitative estimate of drug-likeness (QED) is 0.454. The van der Waals surface area contributed by atoms with Gasteiger partial charge in [0, 0.05) is 31.5 Å². The van der Waals surface area contributed by atoms with Crippen LogP contribution >= 0.6 is 0 Å². The summed E-state index contributed by atoms with van der Waals surface area (Å²) in [6.45, 7) is 1.83. The Kier molecular flexibility index (Phi) is 6.65. The number of nitrogens with zero attached hydrogens (tertiary/aromatic N) is 1. The number of fused-ring (bicyclic) bond motifs is 1. The number of furan rings is 1. The molecule has 4 rings (SSSR count). The Hall–Kier alpha value is -3.28. The number of halogens is 1. The van der Waals surface area contributed by atoms with Crippen LogP contribution in [0.15, 0.2) is 76.3 Å². The van der Waals surface area contributed by atoms with E-state index in [-0.39, 0.29) is 11.9 Å². The van der Waals surface area contributed by atoms with Gasteiger partial charge >= 0.3 is 0 Å². The molecule has 156 valence electrons. The number of para-hydroxylation sites is 1. The van der Waals surface area contributed by atoms with Crippen LogP contribution in [0.25, 0.3) is 0 Å². The molecule has 1 aromatic heterocycles. The Morgan fingerprint density at radius 3 is 2.77 bits per heavy atom. The van der Waals surface area contributed by atoms with E-state index >= 15 is 0 Å². The van der Waals surface area contributed by atoms with Crippen molar-refractivity contribution < 1.29 is 13.5 Å². The van der Waals surface area contributed by atoms with E-state index in [1.807, 2.05) is 42.5 Å². The third-order valence-corrected chi connectivity index (χ3v) is 5.12. The molecule has 1 unspecified atom stereocenters. The molecular formula is C24H26FN3O2. The maximum atomic E-state index is 13.9. The second-order valence-corrected chi connectivity index (χ2v) is 7.20. The summed E-state index contributed by atoms with van der Waals surface area (Å²) in [6.07, 6.45) is 3.82. The number of rotatable bonds is 7. The highest BCUT2D eigenvalue weighted by molar-refractivity contribution is 5.80. The van der Waals surface area contributed by atoms with Crippen LogP contribution in [-0.4, -0.2) is 25.7 Å². The van der Waals surface area contributed by atoms with Crippen molar-refractivity contribution in [2.24, 2.45) is 4.99 Å². The molecule has 6 heteroatoms. The molecule has 0 fully saturated rings. The summed E-state index contributed by atoms with van der Waals surface area (Å²) >= 11 is 0. The van der Waals surface area contributed by atoms with Crippen molar-refractivity contribution in [2.45, 2.75) is 25.3 Å². The van der Waals surface area contributed by atoms with E-state index in [0.717, 1.165) is 29.9 Å².